The second-order valence-corrected chi connectivity index (χ2v) is 8.69. The summed E-state index contributed by atoms with van der Waals surface area (Å²) >= 11 is 1.80. The van der Waals surface area contributed by atoms with Crippen LogP contribution in [0.4, 0.5) is 0 Å². The molecule has 0 radical (unpaired) electrons. The molecule has 11 heteroatoms. The minimum Gasteiger partial charge on any atom is -0.356 e. The van der Waals surface area contributed by atoms with E-state index in [4.69, 9.17) is 0 Å². The highest BCUT2D eigenvalue weighted by atomic mass is 127. The zero-order valence-corrected chi connectivity index (χ0v) is 18.4. The lowest BCUT2D eigenvalue weighted by Crippen LogP contribution is -2.44. The number of sulfonamides is 1. The van der Waals surface area contributed by atoms with Gasteiger partial charge in [0.15, 0.2) is 5.96 Å². The number of hydrogen-bond acceptors (Lipinski definition) is 5. The van der Waals surface area contributed by atoms with Gasteiger partial charge in [-0.25, -0.2) is 12.7 Å². The molecule has 2 rings (SSSR count). The van der Waals surface area contributed by atoms with Gasteiger partial charge in [-0.15, -0.1) is 24.0 Å². The SMILES string of the molecule is CN=C(NCCCn1cccn1)NCCS(=O)(=O)N1CCSCC1.I. The average Bonchev–Trinajstić information content (AvgIpc) is 3.11. The molecule has 0 bridgehead atoms. The maximum Gasteiger partial charge on any atom is 0.215 e. The van der Waals surface area contributed by atoms with Crippen LogP contribution in [0.3, 0.4) is 0 Å². The first-order valence-corrected chi connectivity index (χ1v) is 10.9. The Bertz CT molecular complexity index is 603. The van der Waals surface area contributed by atoms with E-state index in [9.17, 15) is 8.42 Å². The van der Waals surface area contributed by atoms with Crippen LogP contribution in [-0.2, 0) is 16.6 Å². The summed E-state index contributed by atoms with van der Waals surface area (Å²) in [5.74, 6) is 2.48. The van der Waals surface area contributed by atoms with Gasteiger partial charge < -0.3 is 10.6 Å². The van der Waals surface area contributed by atoms with E-state index in [0.29, 0.717) is 25.6 Å². The van der Waals surface area contributed by atoms with Gasteiger partial charge in [0.25, 0.3) is 0 Å². The maximum absolute atomic E-state index is 12.3. The van der Waals surface area contributed by atoms with Crippen LogP contribution in [-0.4, -0.2) is 78.9 Å². The predicted molar refractivity (Wildman–Crippen MR) is 114 cm³/mol. The fourth-order valence-corrected chi connectivity index (χ4v) is 4.84. The second-order valence-electron chi connectivity index (χ2n) is 5.38. The van der Waals surface area contributed by atoms with Crippen molar-refractivity contribution in [3.8, 4) is 0 Å². The normalized spacial score (nSPS) is 16.3. The molecule has 0 spiro atoms. The molecule has 1 fully saturated rings. The van der Waals surface area contributed by atoms with Crippen molar-refractivity contribution in [2.24, 2.45) is 4.99 Å². The molecule has 1 aliphatic heterocycles. The number of rotatable bonds is 8. The maximum atomic E-state index is 12.3. The van der Waals surface area contributed by atoms with Gasteiger partial charge in [-0.2, -0.15) is 16.9 Å². The molecule has 8 nitrogen and oxygen atoms in total. The lowest BCUT2D eigenvalue weighted by Gasteiger charge is -2.25. The molecule has 0 unspecified atom stereocenters. The molecule has 1 aliphatic rings. The van der Waals surface area contributed by atoms with Gasteiger partial charge in [-0.1, -0.05) is 0 Å². The van der Waals surface area contributed by atoms with Crippen LogP contribution in [0.15, 0.2) is 23.5 Å². The van der Waals surface area contributed by atoms with Gasteiger partial charge in [0.05, 0.1) is 5.75 Å². The van der Waals surface area contributed by atoms with Crippen LogP contribution >= 0.6 is 35.7 Å². The van der Waals surface area contributed by atoms with Gasteiger partial charge in [-0.05, 0) is 12.5 Å². The molecule has 0 atom stereocenters. The number of guanidine groups is 1. The van der Waals surface area contributed by atoms with E-state index >= 15 is 0 Å². The monoisotopic (exact) mass is 502 g/mol. The number of nitrogens with zero attached hydrogens (tertiary/aromatic N) is 4. The van der Waals surface area contributed by atoms with E-state index in [1.54, 1.807) is 29.3 Å². The molecule has 2 N–H and O–H groups in total. The van der Waals surface area contributed by atoms with E-state index in [1.165, 1.54) is 0 Å². The zero-order valence-electron chi connectivity index (χ0n) is 14.4. The van der Waals surface area contributed by atoms with Crippen LogP contribution < -0.4 is 10.6 Å². The fraction of sp³-hybridized carbons (Fsp3) is 0.714. The number of aromatic nitrogens is 2. The van der Waals surface area contributed by atoms with Gasteiger partial charge in [0.1, 0.15) is 0 Å². The molecule has 0 amide bonds. The highest BCUT2D eigenvalue weighted by Gasteiger charge is 2.23. The molecule has 0 saturated carbocycles. The van der Waals surface area contributed by atoms with Crippen molar-refractivity contribution < 1.29 is 8.42 Å². The van der Waals surface area contributed by atoms with Crippen molar-refractivity contribution in [1.82, 2.24) is 24.7 Å². The number of hydrogen-bond donors (Lipinski definition) is 2. The minimum absolute atomic E-state index is 0. The van der Waals surface area contributed by atoms with Crippen LogP contribution in [0.1, 0.15) is 6.42 Å². The van der Waals surface area contributed by atoms with Crippen molar-refractivity contribution in [2.45, 2.75) is 13.0 Å². The molecule has 0 aromatic carbocycles. The summed E-state index contributed by atoms with van der Waals surface area (Å²) in [7, 11) is -1.50. The minimum atomic E-state index is -3.18. The quantitative estimate of drug-likeness (QED) is 0.232. The highest BCUT2D eigenvalue weighted by Crippen LogP contribution is 2.12. The Morgan fingerprint density at radius 1 is 1.28 bits per heavy atom. The topological polar surface area (TPSA) is 91.6 Å². The molecule has 25 heavy (non-hydrogen) atoms. The summed E-state index contributed by atoms with van der Waals surface area (Å²) in [6.07, 6.45) is 4.60. The van der Waals surface area contributed by atoms with Crippen LogP contribution in [0, 0.1) is 0 Å². The van der Waals surface area contributed by atoms with Crippen LogP contribution in [0.5, 0.6) is 0 Å². The third-order valence-electron chi connectivity index (χ3n) is 3.66. The Balaban J connectivity index is 0.00000312. The second kappa shape index (κ2) is 12.0. The number of aliphatic imine (C=N–C) groups is 1. The molecule has 1 aromatic heterocycles. The van der Waals surface area contributed by atoms with Gasteiger partial charge >= 0.3 is 0 Å². The Labute approximate surface area is 171 Å². The number of aryl methyl sites for hydroxylation is 1. The molecular weight excluding hydrogens is 475 g/mol. The number of thioether (sulfide) groups is 1. The molecular formula is C14H27IN6O2S2. The summed E-state index contributed by atoms with van der Waals surface area (Å²) in [6.45, 7) is 3.17. The first kappa shape index (κ1) is 22.5. The molecule has 2 heterocycles. The van der Waals surface area contributed by atoms with Gasteiger partial charge in [-0.3, -0.25) is 9.67 Å². The fourth-order valence-electron chi connectivity index (χ4n) is 2.35. The van der Waals surface area contributed by atoms with Crippen molar-refractivity contribution >= 4 is 51.7 Å². The van der Waals surface area contributed by atoms with Crippen molar-refractivity contribution in [3.63, 3.8) is 0 Å². The first-order valence-electron chi connectivity index (χ1n) is 8.09. The number of nitrogens with one attached hydrogen (secondary N) is 2. The van der Waals surface area contributed by atoms with Gasteiger partial charge in [0.2, 0.25) is 10.0 Å². The summed E-state index contributed by atoms with van der Waals surface area (Å²) in [5.41, 5.74) is 0. The van der Waals surface area contributed by atoms with E-state index in [2.05, 4.69) is 20.7 Å². The summed E-state index contributed by atoms with van der Waals surface area (Å²) in [4.78, 5) is 4.11. The third-order valence-corrected chi connectivity index (χ3v) is 6.47. The van der Waals surface area contributed by atoms with Gasteiger partial charge in [0, 0.05) is 63.7 Å². The first-order chi connectivity index (χ1) is 11.6. The molecule has 1 saturated heterocycles. The summed E-state index contributed by atoms with van der Waals surface area (Å²) < 4.78 is 28.0. The number of halogens is 1. The Morgan fingerprint density at radius 2 is 2.00 bits per heavy atom. The zero-order chi connectivity index (χ0) is 17.3. The van der Waals surface area contributed by atoms with E-state index in [0.717, 1.165) is 31.0 Å². The average molecular weight is 502 g/mol. The smallest absolute Gasteiger partial charge is 0.215 e. The molecule has 144 valence electrons. The third kappa shape index (κ3) is 8.13. The standard InChI is InChI=1S/C14H26N6O2S2.HI/c1-15-14(16-4-2-7-19-8-3-5-18-19)17-6-13-24(21,22)20-9-11-23-12-10-20;/h3,5,8H,2,4,6-7,9-13H2,1H3,(H2,15,16,17);1H. The van der Waals surface area contributed by atoms with Crippen molar-refractivity contribution in [2.75, 3.05) is 50.5 Å². The summed E-state index contributed by atoms with van der Waals surface area (Å²) in [5, 5.41) is 10.4. The van der Waals surface area contributed by atoms with E-state index in [-0.39, 0.29) is 29.7 Å². The lowest BCUT2D eigenvalue weighted by molar-refractivity contribution is 0.443. The highest BCUT2D eigenvalue weighted by molar-refractivity contribution is 14.0. The van der Waals surface area contributed by atoms with E-state index < -0.39 is 10.0 Å². The van der Waals surface area contributed by atoms with Crippen molar-refractivity contribution in [1.29, 1.82) is 0 Å². The van der Waals surface area contributed by atoms with E-state index in [1.807, 2.05) is 16.9 Å². The Kier molecular flexibility index (Phi) is 10.8. The molecule has 1 aromatic rings. The Hall–Kier alpha value is -0.530. The van der Waals surface area contributed by atoms with Crippen molar-refractivity contribution in [3.05, 3.63) is 18.5 Å². The largest absolute Gasteiger partial charge is 0.356 e. The van der Waals surface area contributed by atoms with Crippen LogP contribution in [0.25, 0.3) is 0 Å². The van der Waals surface area contributed by atoms with Crippen LogP contribution in [0.2, 0.25) is 0 Å². The molecule has 0 aliphatic carbocycles. The lowest BCUT2D eigenvalue weighted by atomic mass is 10.4. The summed E-state index contributed by atoms with van der Waals surface area (Å²) in [6, 6.07) is 1.90. The Morgan fingerprint density at radius 3 is 2.64 bits per heavy atom. The predicted octanol–water partition coefficient (Wildman–Crippen LogP) is 0.435.